The zero-order chi connectivity index (χ0) is 11.3. The smallest absolute Gasteiger partial charge is 0.139 e. The lowest BCUT2D eigenvalue weighted by Gasteiger charge is -2.16. The number of hydrogen-bond donors (Lipinski definition) is 2. The van der Waals surface area contributed by atoms with Gasteiger partial charge in [-0.2, -0.15) is 5.26 Å². The first-order chi connectivity index (χ1) is 7.22. The Morgan fingerprint density at radius 1 is 1.53 bits per heavy atom. The summed E-state index contributed by atoms with van der Waals surface area (Å²) in [5.74, 6) is 0.509. The third kappa shape index (κ3) is 2.61. The highest BCUT2D eigenvalue weighted by Crippen LogP contribution is 2.24. The molecule has 80 valence electrons. The summed E-state index contributed by atoms with van der Waals surface area (Å²) in [5, 5.41) is 8.92. The van der Waals surface area contributed by atoms with Gasteiger partial charge in [0.05, 0.1) is 5.69 Å². The number of benzene rings is 1. The molecule has 0 unspecified atom stereocenters. The molecular weight excluding hydrogens is 190 g/mol. The molecule has 1 rings (SSSR count). The van der Waals surface area contributed by atoms with Gasteiger partial charge in [0.1, 0.15) is 23.5 Å². The summed E-state index contributed by atoms with van der Waals surface area (Å²) < 4.78 is 5.59. The zero-order valence-corrected chi connectivity index (χ0v) is 8.73. The van der Waals surface area contributed by atoms with Crippen molar-refractivity contribution < 1.29 is 4.74 Å². The van der Waals surface area contributed by atoms with Crippen LogP contribution in [-0.2, 0) is 0 Å². The van der Waals surface area contributed by atoms with Crippen molar-refractivity contribution in [3.05, 3.63) is 23.8 Å². The average Bonchev–Trinajstić information content (AvgIpc) is 2.26. The number of nitrogens with two attached hydrogens (primary N) is 2. The minimum atomic E-state index is -0.0705. The molecule has 0 aliphatic carbocycles. The van der Waals surface area contributed by atoms with Crippen molar-refractivity contribution in [3.63, 3.8) is 0 Å². The average molecular weight is 205 g/mol. The molecule has 4 N–H and O–H groups in total. The molecule has 0 spiro atoms. The molecule has 0 aromatic heterocycles. The lowest BCUT2D eigenvalue weighted by molar-refractivity contribution is 0.205. The Kier molecular flexibility index (Phi) is 3.95. The maximum Gasteiger partial charge on any atom is 0.139 e. The van der Waals surface area contributed by atoms with Crippen molar-refractivity contribution in [1.29, 1.82) is 5.26 Å². The maximum absolute atomic E-state index is 8.92. The van der Waals surface area contributed by atoms with Crippen molar-refractivity contribution in [1.82, 2.24) is 0 Å². The van der Waals surface area contributed by atoms with Gasteiger partial charge in [0.2, 0.25) is 0 Å². The van der Waals surface area contributed by atoms with Crippen LogP contribution in [-0.4, -0.2) is 12.6 Å². The molecule has 1 aromatic carbocycles. The minimum Gasteiger partial charge on any atom is -0.488 e. The Balaban J connectivity index is 2.95. The summed E-state index contributed by atoms with van der Waals surface area (Å²) in [7, 11) is 0. The van der Waals surface area contributed by atoms with Gasteiger partial charge in [0.15, 0.2) is 0 Å². The number of nitrogen functional groups attached to an aromatic ring is 1. The van der Waals surface area contributed by atoms with Crippen molar-refractivity contribution >= 4 is 5.69 Å². The van der Waals surface area contributed by atoms with Crippen LogP contribution in [0.5, 0.6) is 5.75 Å². The van der Waals surface area contributed by atoms with Crippen LogP contribution in [0.3, 0.4) is 0 Å². The molecule has 0 radical (unpaired) electrons. The van der Waals surface area contributed by atoms with E-state index >= 15 is 0 Å². The third-order valence-electron chi connectivity index (χ3n) is 2.18. The van der Waals surface area contributed by atoms with E-state index < -0.39 is 0 Å². The summed E-state index contributed by atoms with van der Waals surface area (Å²) in [4.78, 5) is 0. The predicted octanol–water partition coefficient (Wildman–Crippen LogP) is 1.26. The van der Waals surface area contributed by atoms with Crippen LogP contribution < -0.4 is 16.2 Å². The van der Waals surface area contributed by atoms with E-state index in [1.807, 2.05) is 13.0 Å². The van der Waals surface area contributed by atoms with Crippen molar-refractivity contribution in [2.75, 3.05) is 12.3 Å². The summed E-state index contributed by atoms with van der Waals surface area (Å²) in [6.45, 7) is 2.41. The third-order valence-corrected chi connectivity index (χ3v) is 2.18. The Labute approximate surface area is 89.4 Å². The van der Waals surface area contributed by atoms with E-state index in [-0.39, 0.29) is 6.10 Å². The molecule has 0 aliphatic rings. The molecule has 4 heteroatoms. The molecule has 1 aromatic rings. The first kappa shape index (κ1) is 11.3. The molecule has 15 heavy (non-hydrogen) atoms. The van der Waals surface area contributed by atoms with Crippen LogP contribution >= 0.6 is 0 Å². The van der Waals surface area contributed by atoms with Crippen molar-refractivity contribution in [2.24, 2.45) is 5.73 Å². The fraction of sp³-hybridized carbons (Fsp3) is 0.364. The summed E-state index contributed by atoms with van der Waals surface area (Å²) in [5.41, 5.74) is 12.0. The van der Waals surface area contributed by atoms with Gasteiger partial charge in [-0.15, -0.1) is 0 Å². The van der Waals surface area contributed by atoms with Gasteiger partial charge >= 0.3 is 0 Å². The number of nitriles is 1. The molecular formula is C11H15N3O. The Hall–Kier alpha value is -1.73. The Morgan fingerprint density at radius 3 is 2.80 bits per heavy atom. The molecule has 0 fully saturated rings. The van der Waals surface area contributed by atoms with E-state index in [0.29, 0.717) is 23.5 Å². The molecule has 4 nitrogen and oxygen atoms in total. The number of hydrogen-bond acceptors (Lipinski definition) is 4. The number of anilines is 1. The molecule has 0 bridgehead atoms. The van der Waals surface area contributed by atoms with E-state index in [1.54, 1.807) is 18.2 Å². The van der Waals surface area contributed by atoms with Gasteiger partial charge in [-0.1, -0.05) is 13.0 Å². The summed E-state index contributed by atoms with van der Waals surface area (Å²) in [6.07, 6.45) is 0.731. The van der Waals surface area contributed by atoms with Crippen molar-refractivity contribution in [3.8, 4) is 11.8 Å². The van der Waals surface area contributed by atoms with Gasteiger partial charge in [-0.05, 0) is 18.6 Å². The highest BCUT2D eigenvalue weighted by Gasteiger charge is 2.11. The molecule has 0 saturated heterocycles. The van der Waals surface area contributed by atoms with E-state index in [1.165, 1.54) is 0 Å². The zero-order valence-electron chi connectivity index (χ0n) is 8.73. The highest BCUT2D eigenvalue weighted by molar-refractivity contribution is 5.60. The van der Waals surface area contributed by atoms with Gasteiger partial charge in [0, 0.05) is 6.54 Å². The number of rotatable bonds is 4. The summed E-state index contributed by atoms with van der Waals surface area (Å²) in [6, 6.07) is 7.19. The second-order valence-electron chi connectivity index (χ2n) is 3.22. The van der Waals surface area contributed by atoms with Crippen LogP contribution in [0.25, 0.3) is 0 Å². The van der Waals surface area contributed by atoms with Crippen LogP contribution in [0.15, 0.2) is 18.2 Å². The fourth-order valence-corrected chi connectivity index (χ4v) is 1.24. The van der Waals surface area contributed by atoms with Crippen molar-refractivity contribution in [2.45, 2.75) is 19.4 Å². The van der Waals surface area contributed by atoms with Crippen LogP contribution in [0.2, 0.25) is 0 Å². The number of ether oxygens (including phenoxy) is 1. The van der Waals surface area contributed by atoms with Crippen LogP contribution in [0, 0.1) is 11.3 Å². The highest BCUT2D eigenvalue weighted by atomic mass is 16.5. The largest absolute Gasteiger partial charge is 0.488 e. The van der Waals surface area contributed by atoms with Gasteiger partial charge < -0.3 is 16.2 Å². The standard InChI is InChI=1S/C11H15N3O/c1-2-8(6-12)15-11-5-3-4-10(14)9(11)7-13/h3-5,8H,2,6,12,14H2,1H3/t8-/m0/s1. The lowest BCUT2D eigenvalue weighted by Crippen LogP contribution is -2.26. The van der Waals surface area contributed by atoms with E-state index in [4.69, 9.17) is 21.5 Å². The van der Waals surface area contributed by atoms with E-state index in [0.717, 1.165) is 6.42 Å². The molecule has 0 aliphatic heterocycles. The van der Waals surface area contributed by atoms with Gasteiger partial charge in [-0.25, -0.2) is 0 Å². The molecule has 0 saturated carbocycles. The Bertz CT molecular complexity index is 367. The van der Waals surface area contributed by atoms with Crippen LogP contribution in [0.1, 0.15) is 18.9 Å². The Morgan fingerprint density at radius 2 is 2.27 bits per heavy atom. The normalized spacial score (nSPS) is 11.8. The first-order valence-corrected chi connectivity index (χ1v) is 4.88. The fourth-order valence-electron chi connectivity index (χ4n) is 1.24. The second-order valence-corrected chi connectivity index (χ2v) is 3.22. The SMILES string of the molecule is CC[C@@H](CN)Oc1cccc(N)c1C#N. The minimum absolute atomic E-state index is 0.0705. The first-order valence-electron chi connectivity index (χ1n) is 4.88. The number of nitrogens with zero attached hydrogens (tertiary/aromatic N) is 1. The molecule has 1 atom stereocenters. The quantitative estimate of drug-likeness (QED) is 0.724. The van der Waals surface area contributed by atoms with Crippen LogP contribution in [0.4, 0.5) is 5.69 Å². The maximum atomic E-state index is 8.92. The monoisotopic (exact) mass is 205 g/mol. The second kappa shape index (κ2) is 5.23. The lowest BCUT2D eigenvalue weighted by atomic mass is 10.1. The predicted molar refractivity (Wildman–Crippen MR) is 59.3 cm³/mol. The van der Waals surface area contributed by atoms with E-state index in [2.05, 4.69) is 0 Å². The van der Waals surface area contributed by atoms with Gasteiger partial charge in [-0.3, -0.25) is 0 Å². The molecule has 0 heterocycles. The molecule has 0 amide bonds. The summed E-state index contributed by atoms with van der Waals surface area (Å²) >= 11 is 0. The van der Waals surface area contributed by atoms with E-state index in [9.17, 15) is 0 Å². The topological polar surface area (TPSA) is 85.1 Å². The van der Waals surface area contributed by atoms with Gasteiger partial charge in [0.25, 0.3) is 0 Å².